The van der Waals surface area contributed by atoms with E-state index >= 15 is 0 Å². The molecular formula is C22H20N2O2S. The molecule has 4 nitrogen and oxygen atoms in total. The number of ether oxygens (including phenoxy) is 1. The summed E-state index contributed by atoms with van der Waals surface area (Å²) in [7, 11) is 0. The Morgan fingerprint density at radius 3 is 2.19 bits per heavy atom. The number of para-hydroxylation sites is 2. The van der Waals surface area contributed by atoms with Gasteiger partial charge in [-0.25, -0.2) is 4.79 Å². The monoisotopic (exact) mass is 376 g/mol. The molecule has 1 heterocycles. The smallest absolute Gasteiger partial charge is 0.331 e. The number of nitrogens with one attached hydrogen (secondary N) is 1. The second kappa shape index (κ2) is 7.37. The standard InChI is InChI=1S/C22H20N2O2S/c1-15(2)26-17-9-7-8-16(14-17)23-22(25)24-18-10-3-5-12-20(18)27-21-13-6-4-11-19(21)24/h3-15H,1-2H3,(H,23,25). The number of rotatable bonds is 3. The van der Waals surface area contributed by atoms with Gasteiger partial charge in [-0.05, 0) is 50.2 Å². The van der Waals surface area contributed by atoms with E-state index in [4.69, 9.17) is 4.74 Å². The Morgan fingerprint density at radius 2 is 1.56 bits per heavy atom. The summed E-state index contributed by atoms with van der Waals surface area (Å²) in [6, 6.07) is 23.2. The third kappa shape index (κ3) is 3.64. The first kappa shape index (κ1) is 17.5. The van der Waals surface area contributed by atoms with Gasteiger partial charge in [0.1, 0.15) is 5.75 Å². The van der Waals surface area contributed by atoms with Gasteiger partial charge in [0.15, 0.2) is 0 Å². The summed E-state index contributed by atoms with van der Waals surface area (Å²) in [5.41, 5.74) is 2.47. The number of benzene rings is 3. The Bertz CT molecular complexity index is 942. The van der Waals surface area contributed by atoms with Crippen LogP contribution in [0.15, 0.2) is 82.6 Å². The van der Waals surface area contributed by atoms with Crippen LogP contribution in [0.4, 0.5) is 21.9 Å². The Kier molecular flexibility index (Phi) is 4.77. The highest BCUT2D eigenvalue weighted by atomic mass is 32.2. The minimum Gasteiger partial charge on any atom is -0.491 e. The van der Waals surface area contributed by atoms with Crippen molar-refractivity contribution in [2.45, 2.75) is 29.7 Å². The number of carbonyl (C=O) groups is 1. The van der Waals surface area contributed by atoms with Gasteiger partial charge in [-0.1, -0.05) is 42.1 Å². The summed E-state index contributed by atoms with van der Waals surface area (Å²) in [6.45, 7) is 3.95. The SMILES string of the molecule is CC(C)Oc1cccc(NC(=O)N2c3ccccc3Sc3ccccc32)c1. The van der Waals surface area contributed by atoms with E-state index in [9.17, 15) is 4.79 Å². The van der Waals surface area contributed by atoms with E-state index in [0.717, 1.165) is 26.9 Å². The molecule has 136 valence electrons. The number of hydrogen-bond donors (Lipinski definition) is 1. The molecule has 0 atom stereocenters. The highest BCUT2D eigenvalue weighted by molar-refractivity contribution is 7.99. The van der Waals surface area contributed by atoms with Crippen molar-refractivity contribution in [1.29, 1.82) is 0 Å². The summed E-state index contributed by atoms with van der Waals surface area (Å²) in [6.07, 6.45) is 0.0776. The zero-order valence-corrected chi connectivity index (χ0v) is 16.0. The zero-order valence-electron chi connectivity index (χ0n) is 15.2. The highest BCUT2D eigenvalue weighted by Gasteiger charge is 2.27. The predicted octanol–water partition coefficient (Wildman–Crippen LogP) is 6.31. The molecule has 0 radical (unpaired) electrons. The maximum Gasteiger partial charge on any atom is 0.331 e. The van der Waals surface area contributed by atoms with Gasteiger partial charge in [-0.3, -0.25) is 4.90 Å². The molecule has 0 spiro atoms. The summed E-state index contributed by atoms with van der Waals surface area (Å²) < 4.78 is 5.73. The first-order chi connectivity index (χ1) is 13.1. The van der Waals surface area contributed by atoms with Crippen LogP contribution in [0.3, 0.4) is 0 Å². The van der Waals surface area contributed by atoms with Gasteiger partial charge >= 0.3 is 6.03 Å². The van der Waals surface area contributed by atoms with Crippen molar-refractivity contribution in [3.8, 4) is 5.75 Å². The number of fused-ring (bicyclic) bond motifs is 2. The third-order valence-corrected chi connectivity index (χ3v) is 5.22. The maximum absolute atomic E-state index is 13.2. The lowest BCUT2D eigenvalue weighted by Gasteiger charge is -2.31. The predicted molar refractivity (Wildman–Crippen MR) is 110 cm³/mol. The van der Waals surface area contributed by atoms with E-state index in [1.54, 1.807) is 16.7 Å². The van der Waals surface area contributed by atoms with E-state index in [1.165, 1.54) is 0 Å². The van der Waals surface area contributed by atoms with Crippen molar-refractivity contribution in [3.05, 3.63) is 72.8 Å². The second-order valence-electron chi connectivity index (χ2n) is 6.50. The number of anilines is 3. The minimum absolute atomic E-state index is 0.0776. The van der Waals surface area contributed by atoms with Crippen LogP contribution in [-0.4, -0.2) is 12.1 Å². The minimum atomic E-state index is -0.197. The van der Waals surface area contributed by atoms with Gasteiger partial charge in [-0.2, -0.15) is 0 Å². The molecule has 3 aromatic rings. The van der Waals surface area contributed by atoms with Crippen molar-refractivity contribution in [2.75, 3.05) is 10.2 Å². The van der Waals surface area contributed by atoms with Crippen LogP contribution < -0.4 is 15.0 Å². The van der Waals surface area contributed by atoms with Crippen molar-refractivity contribution in [3.63, 3.8) is 0 Å². The Labute approximate surface area is 163 Å². The molecule has 0 fully saturated rings. The molecule has 5 heteroatoms. The zero-order chi connectivity index (χ0) is 18.8. The van der Waals surface area contributed by atoms with Crippen LogP contribution in [-0.2, 0) is 0 Å². The van der Waals surface area contributed by atoms with Gasteiger partial charge in [0.25, 0.3) is 0 Å². The second-order valence-corrected chi connectivity index (χ2v) is 7.58. The summed E-state index contributed by atoms with van der Waals surface area (Å²) in [5.74, 6) is 0.734. The maximum atomic E-state index is 13.2. The van der Waals surface area contributed by atoms with E-state index in [-0.39, 0.29) is 12.1 Å². The fourth-order valence-corrected chi connectivity index (χ4v) is 4.08. The molecular weight excluding hydrogens is 356 g/mol. The fraction of sp³-hybridized carbons (Fsp3) is 0.136. The molecule has 2 amide bonds. The van der Waals surface area contributed by atoms with Crippen molar-refractivity contribution in [2.24, 2.45) is 0 Å². The molecule has 0 bridgehead atoms. The number of amides is 2. The lowest BCUT2D eigenvalue weighted by atomic mass is 10.2. The molecule has 1 aliphatic heterocycles. The van der Waals surface area contributed by atoms with Gasteiger partial charge < -0.3 is 10.1 Å². The van der Waals surface area contributed by atoms with Gasteiger partial charge in [-0.15, -0.1) is 0 Å². The lowest BCUT2D eigenvalue weighted by Crippen LogP contribution is -2.32. The quantitative estimate of drug-likeness (QED) is 0.582. The van der Waals surface area contributed by atoms with E-state index < -0.39 is 0 Å². The highest BCUT2D eigenvalue weighted by Crippen LogP contribution is 2.48. The van der Waals surface area contributed by atoms with E-state index in [2.05, 4.69) is 5.32 Å². The number of urea groups is 1. The van der Waals surface area contributed by atoms with Gasteiger partial charge in [0, 0.05) is 21.5 Å². The van der Waals surface area contributed by atoms with Crippen molar-refractivity contribution in [1.82, 2.24) is 0 Å². The van der Waals surface area contributed by atoms with Crippen LogP contribution in [0, 0.1) is 0 Å². The molecule has 1 N–H and O–H groups in total. The molecule has 3 aromatic carbocycles. The molecule has 27 heavy (non-hydrogen) atoms. The number of hydrogen-bond acceptors (Lipinski definition) is 3. The Hall–Kier alpha value is -2.92. The summed E-state index contributed by atoms with van der Waals surface area (Å²) in [4.78, 5) is 17.0. The number of carbonyl (C=O) groups excluding carboxylic acids is 1. The van der Waals surface area contributed by atoms with Gasteiger partial charge in [0.2, 0.25) is 0 Å². The Balaban J connectivity index is 1.66. The molecule has 0 saturated heterocycles. The van der Waals surface area contributed by atoms with Crippen LogP contribution in [0.5, 0.6) is 5.75 Å². The molecule has 0 aliphatic carbocycles. The normalized spacial score (nSPS) is 12.3. The first-order valence-electron chi connectivity index (χ1n) is 8.85. The van der Waals surface area contributed by atoms with Crippen LogP contribution in [0.2, 0.25) is 0 Å². The third-order valence-electron chi connectivity index (χ3n) is 4.09. The Morgan fingerprint density at radius 1 is 0.926 bits per heavy atom. The molecule has 4 rings (SSSR count). The molecule has 1 aliphatic rings. The van der Waals surface area contributed by atoms with Gasteiger partial charge in [0.05, 0.1) is 17.5 Å². The fourth-order valence-electron chi connectivity index (χ4n) is 3.02. The molecule has 0 saturated carbocycles. The van der Waals surface area contributed by atoms with Crippen molar-refractivity contribution >= 4 is 34.9 Å². The summed E-state index contributed by atoms with van der Waals surface area (Å²) >= 11 is 1.68. The van der Waals surface area contributed by atoms with Crippen LogP contribution >= 0.6 is 11.8 Å². The number of nitrogens with zero attached hydrogens (tertiary/aromatic N) is 1. The van der Waals surface area contributed by atoms with E-state index in [0.29, 0.717) is 5.69 Å². The molecule has 0 aromatic heterocycles. The lowest BCUT2D eigenvalue weighted by molar-refractivity contribution is 0.242. The molecule has 0 unspecified atom stereocenters. The van der Waals surface area contributed by atoms with Crippen LogP contribution in [0.25, 0.3) is 0 Å². The first-order valence-corrected chi connectivity index (χ1v) is 9.67. The van der Waals surface area contributed by atoms with Crippen molar-refractivity contribution < 1.29 is 9.53 Å². The van der Waals surface area contributed by atoms with E-state index in [1.807, 2.05) is 86.6 Å². The average molecular weight is 376 g/mol. The topological polar surface area (TPSA) is 41.6 Å². The average Bonchev–Trinajstić information content (AvgIpc) is 2.65. The van der Waals surface area contributed by atoms with Crippen LogP contribution in [0.1, 0.15) is 13.8 Å². The summed E-state index contributed by atoms with van der Waals surface area (Å²) in [5, 5.41) is 3.00. The largest absolute Gasteiger partial charge is 0.491 e.